The molecule has 0 spiro atoms. The van der Waals surface area contributed by atoms with E-state index >= 15 is 0 Å². The fourth-order valence-corrected chi connectivity index (χ4v) is 4.28. The van der Waals surface area contributed by atoms with Gasteiger partial charge in [-0.1, -0.05) is 155 Å². The van der Waals surface area contributed by atoms with Crippen molar-refractivity contribution in [1.29, 1.82) is 0 Å². The Morgan fingerprint density at radius 3 is 1.32 bits per heavy atom. The van der Waals surface area contributed by atoms with Gasteiger partial charge in [0.05, 0.1) is 0 Å². The topological polar surface area (TPSA) is 23.8 Å². The maximum absolute atomic E-state index is 7.27. The van der Waals surface area contributed by atoms with E-state index in [0.717, 1.165) is 12.8 Å². The van der Waals surface area contributed by atoms with E-state index < -0.39 is 0 Å². The van der Waals surface area contributed by atoms with E-state index in [4.69, 9.17) is 5.73 Å². The minimum absolute atomic E-state index is 0. The third kappa shape index (κ3) is 14.1. The zero-order valence-corrected chi connectivity index (χ0v) is 28.6. The molecule has 1 fully saturated rings. The van der Waals surface area contributed by atoms with Crippen molar-refractivity contribution < 1.29 is 25.8 Å². The van der Waals surface area contributed by atoms with Crippen molar-refractivity contribution in [3.05, 3.63) is 127 Å². The summed E-state index contributed by atoms with van der Waals surface area (Å²) >= 11 is 0. The summed E-state index contributed by atoms with van der Waals surface area (Å²) in [6.45, 7) is 8.67. The molecule has 2 aliphatic rings. The molecule has 3 aromatic carbocycles. The van der Waals surface area contributed by atoms with E-state index in [1.54, 1.807) is 0 Å². The molecule has 0 heterocycles. The zero-order chi connectivity index (χ0) is 25.5. The van der Waals surface area contributed by atoms with Crippen molar-refractivity contribution in [3.63, 3.8) is 0 Å². The fourth-order valence-electron chi connectivity index (χ4n) is 4.00. The third-order valence-electron chi connectivity index (χ3n) is 6.57. The van der Waals surface area contributed by atoms with Gasteiger partial charge < -0.3 is 13.2 Å². The molecule has 1 N–H and O–H groups in total. The Kier molecular flexibility index (Phi) is 19.2. The summed E-state index contributed by atoms with van der Waals surface area (Å²) in [4.78, 5) is 0. The van der Waals surface area contributed by atoms with Gasteiger partial charge in [-0.2, -0.15) is 11.1 Å². The monoisotopic (exact) mass is 675 g/mol. The molecule has 1 radical (unpaired) electrons. The molecule has 0 aliphatic heterocycles. The van der Waals surface area contributed by atoms with E-state index in [0.29, 0.717) is 5.92 Å². The second-order valence-electron chi connectivity index (χ2n) is 9.35. The average Bonchev–Trinajstić information content (AvgIpc) is 3.12. The first kappa shape index (κ1) is 35.2. The summed E-state index contributed by atoms with van der Waals surface area (Å²) in [6.07, 6.45) is 9.63. The summed E-state index contributed by atoms with van der Waals surface area (Å²) in [6, 6.07) is 31.4. The van der Waals surface area contributed by atoms with E-state index in [-0.39, 0.29) is 39.3 Å². The van der Waals surface area contributed by atoms with Gasteiger partial charge in [0.25, 0.3) is 0 Å². The van der Waals surface area contributed by atoms with Crippen molar-refractivity contribution in [2.24, 2.45) is 5.92 Å². The molecule has 1 atom stereocenters. The van der Waals surface area contributed by atoms with Crippen molar-refractivity contribution in [2.45, 2.75) is 65.8 Å². The first-order valence-electron chi connectivity index (χ1n) is 12.8. The summed E-state index contributed by atoms with van der Waals surface area (Å²) in [5.74, 6) is 0.560. The molecule has 1 unspecified atom stereocenters. The molecule has 0 amide bonds. The summed E-state index contributed by atoms with van der Waals surface area (Å²) < 4.78 is 0. The Balaban J connectivity index is 0.000000471. The number of benzene rings is 3. The SMILES string of the molecule is CC1=[C-]C(C)C(C)=C1C.[CH3-].[Hf].[NH-]C1CCCCC1.[SiH2]c1ccccc1.c1ccc(-c2ccccc2)cc1. The summed E-state index contributed by atoms with van der Waals surface area (Å²) in [5, 5.41) is 1.35. The van der Waals surface area contributed by atoms with E-state index in [2.05, 4.69) is 94.4 Å². The van der Waals surface area contributed by atoms with Crippen LogP contribution in [0, 0.1) is 19.4 Å². The molecule has 2 aliphatic carbocycles. The van der Waals surface area contributed by atoms with E-state index in [1.807, 2.05) is 40.6 Å². The van der Waals surface area contributed by atoms with Crippen molar-refractivity contribution >= 4 is 15.4 Å². The third-order valence-corrected chi connectivity index (χ3v) is 7.04. The maximum atomic E-state index is 7.27. The Morgan fingerprint density at radius 2 is 1.11 bits per heavy atom. The molecule has 197 valence electrons. The number of nitrogens with one attached hydrogen (secondary N) is 1. The average molecular weight is 674 g/mol. The maximum Gasteiger partial charge on any atom is 0.0477 e. The smallest absolute Gasteiger partial charge is 0.0477 e. The molecule has 0 saturated heterocycles. The van der Waals surface area contributed by atoms with Gasteiger partial charge in [0.2, 0.25) is 0 Å². The minimum Gasteiger partial charge on any atom is -0.675 e. The van der Waals surface area contributed by atoms with Crippen LogP contribution in [0.1, 0.15) is 59.8 Å². The standard InChI is InChI=1S/C12H10.C9H13.C6H12N.C6H7Si.CH3.Hf/c1-3-7-11(8-4-1)12-9-5-2-6-10-12;1-6-5-7(2)9(4)8(6)3;2*7-6-4-2-1-3-5-6;;/h1-10H;6H,1-4H3;6-7H,1-5H2;1-5H,7H2;1H3;/q;2*-1;;-1;. The number of allylic oxidation sites excluding steroid dienone is 4. The quantitative estimate of drug-likeness (QED) is 0.182. The first-order valence-corrected chi connectivity index (χ1v) is 13.6. The van der Waals surface area contributed by atoms with Crippen molar-refractivity contribution in [3.8, 4) is 11.1 Å². The molecule has 5 rings (SSSR count). The van der Waals surface area contributed by atoms with Crippen LogP contribution in [0.3, 0.4) is 0 Å². The second-order valence-corrected chi connectivity index (χ2v) is 10.2. The molecular weight excluding hydrogens is 629 g/mol. The van der Waals surface area contributed by atoms with Crippen molar-refractivity contribution in [2.75, 3.05) is 0 Å². The Labute approximate surface area is 249 Å². The fraction of sp³-hybridized carbons (Fsp3) is 0.324. The molecule has 0 bridgehead atoms. The van der Waals surface area contributed by atoms with Gasteiger partial charge in [-0.15, -0.1) is 13.0 Å². The Bertz CT molecular complexity index is 986. The van der Waals surface area contributed by atoms with Gasteiger partial charge in [0, 0.05) is 36.1 Å². The van der Waals surface area contributed by atoms with Crippen LogP contribution in [0.25, 0.3) is 16.9 Å². The molecule has 1 saturated carbocycles. The van der Waals surface area contributed by atoms with Gasteiger partial charge in [-0.3, -0.25) is 6.08 Å². The van der Waals surface area contributed by atoms with Crippen LogP contribution in [-0.4, -0.2) is 16.3 Å². The number of rotatable bonds is 1. The molecular formula is C34H45HfNSi-3. The van der Waals surface area contributed by atoms with E-state index in [1.165, 1.54) is 52.3 Å². The van der Waals surface area contributed by atoms with Gasteiger partial charge >= 0.3 is 0 Å². The van der Waals surface area contributed by atoms with Gasteiger partial charge in [-0.05, 0) is 11.1 Å². The Hall–Kier alpha value is -1.81. The summed E-state index contributed by atoms with van der Waals surface area (Å²) in [5.41, 5.74) is 14.1. The minimum atomic E-state index is 0. The van der Waals surface area contributed by atoms with Crippen molar-refractivity contribution in [1.82, 2.24) is 0 Å². The largest absolute Gasteiger partial charge is 0.675 e. The number of hydrogen-bond acceptors (Lipinski definition) is 0. The van der Waals surface area contributed by atoms with Crippen LogP contribution in [-0.2, 0) is 25.8 Å². The number of hydrogen-bond donors (Lipinski definition) is 0. The van der Waals surface area contributed by atoms with Crippen LogP contribution in [0.15, 0.2) is 108 Å². The van der Waals surface area contributed by atoms with Crippen LogP contribution < -0.4 is 5.19 Å². The van der Waals surface area contributed by atoms with Crippen LogP contribution in [0.4, 0.5) is 0 Å². The summed E-state index contributed by atoms with van der Waals surface area (Å²) in [7, 11) is 1.90. The predicted molar refractivity (Wildman–Crippen MR) is 164 cm³/mol. The van der Waals surface area contributed by atoms with Gasteiger partial charge in [0.15, 0.2) is 0 Å². The molecule has 37 heavy (non-hydrogen) atoms. The molecule has 3 heteroatoms. The van der Waals surface area contributed by atoms with Crippen LogP contribution >= 0.6 is 0 Å². The van der Waals surface area contributed by atoms with E-state index in [9.17, 15) is 0 Å². The normalized spacial score (nSPS) is 16.2. The van der Waals surface area contributed by atoms with Crippen LogP contribution in [0.2, 0.25) is 0 Å². The van der Waals surface area contributed by atoms with Crippen LogP contribution in [0.5, 0.6) is 0 Å². The predicted octanol–water partition coefficient (Wildman–Crippen LogP) is 8.84. The molecule has 1 nitrogen and oxygen atoms in total. The molecule has 3 aromatic rings. The van der Waals surface area contributed by atoms with Gasteiger partial charge in [-0.25, -0.2) is 5.57 Å². The Morgan fingerprint density at radius 1 is 0.703 bits per heavy atom. The zero-order valence-electron chi connectivity index (χ0n) is 23.6. The second kappa shape index (κ2) is 20.2. The molecule has 0 aromatic heterocycles. The first-order chi connectivity index (χ1) is 16.9. The van der Waals surface area contributed by atoms with Gasteiger partial charge in [0.1, 0.15) is 0 Å².